The lowest BCUT2D eigenvalue weighted by molar-refractivity contribution is 0.193. The Balaban J connectivity index is 2.10. The van der Waals surface area contributed by atoms with Crippen LogP contribution in [0.3, 0.4) is 0 Å². The molecule has 4 nitrogen and oxygen atoms in total. The highest BCUT2D eigenvalue weighted by atomic mass is 16.2. The Morgan fingerprint density at radius 2 is 2.21 bits per heavy atom. The van der Waals surface area contributed by atoms with Crippen molar-refractivity contribution in [3.8, 4) is 0 Å². The first-order valence-electron chi connectivity index (χ1n) is 5.25. The second kappa shape index (κ2) is 3.26. The third-order valence-electron chi connectivity index (χ3n) is 2.76. The van der Waals surface area contributed by atoms with Crippen LogP contribution in [-0.4, -0.2) is 29.4 Å². The van der Waals surface area contributed by atoms with Gasteiger partial charge in [0.15, 0.2) is 0 Å². The molecule has 4 heteroatoms. The average molecular weight is 195 g/mol. The fourth-order valence-electron chi connectivity index (χ4n) is 2.04. The van der Waals surface area contributed by atoms with Crippen LogP contribution in [-0.2, 0) is 0 Å². The van der Waals surface area contributed by atoms with Crippen molar-refractivity contribution in [2.75, 3.05) is 6.54 Å². The van der Waals surface area contributed by atoms with Crippen molar-refractivity contribution in [3.05, 3.63) is 0 Å². The summed E-state index contributed by atoms with van der Waals surface area (Å²) < 4.78 is 0. The van der Waals surface area contributed by atoms with E-state index in [9.17, 15) is 4.79 Å². The quantitative estimate of drug-likeness (QED) is 0.703. The molecule has 2 rings (SSSR count). The number of urea groups is 1. The van der Waals surface area contributed by atoms with E-state index in [0.29, 0.717) is 17.7 Å². The number of amides is 2. The van der Waals surface area contributed by atoms with E-state index in [1.807, 2.05) is 4.90 Å². The number of carbonyl (C=O) groups excluding carboxylic acids is 1. The fourth-order valence-corrected chi connectivity index (χ4v) is 2.04. The Labute approximate surface area is 84.2 Å². The zero-order chi connectivity index (χ0) is 10.3. The molecule has 1 aliphatic carbocycles. The van der Waals surface area contributed by atoms with Gasteiger partial charge >= 0.3 is 6.03 Å². The van der Waals surface area contributed by atoms with Crippen LogP contribution in [0.5, 0.6) is 0 Å². The summed E-state index contributed by atoms with van der Waals surface area (Å²) in [5.41, 5.74) is 0. The number of hydrogen-bond donors (Lipinski definition) is 2. The fraction of sp³-hybridized carbons (Fsp3) is 0.800. The van der Waals surface area contributed by atoms with Crippen LogP contribution in [0.1, 0.15) is 26.7 Å². The molecule has 1 saturated heterocycles. The molecular weight excluding hydrogens is 178 g/mol. The topological polar surface area (TPSA) is 56.2 Å². The van der Waals surface area contributed by atoms with E-state index in [-0.39, 0.29) is 12.1 Å². The van der Waals surface area contributed by atoms with Crippen molar-refractivity contribution >= 4 is 11.9 Å². The van der Waals surface area contributed by atoms with E-state index < -0.39 is 0 Å². The molecule has 0 aromatic carbocycles. The number of hydrogen-bond acceptors (Lipinski definition) is 2. The second-order valence-corrected chi connectivity index (χ2v) is 4.67. The maximum atomic E-state index is 11.5. The molecule has 1 atom stereocenters. The van der Waals surface area contributed by atoms with Crippen molar-refractivity contribution in [1.82, 2.24) is 10.2 Å². The standard InChI is InChI=1S/C10H17N3O/c1-6(2)5-13-8(7-3-4-7)9(11)12-10(13)14/h6-8H,3-5H2,1-2H3,(H2,11,12,14). The third-order valence-corrected chi connectivity index (χ3v) is 2.76. The van der Waals surface area contributed by atoms with Gasteiger partial charge in [-0.3, -0.25) is 10.7 Å². The van der Waals surface area contributed by atoms with Crippen LogP contribution in [0.25, 0.3) is 0 Å². The van der Waals surface area contributed by atoms with Crippen LogP contribution >= 0.6 is 0 Å². The van der Waals surface area contributed by atoms with Crippen LogP contribution in [0.4, 0.5) is 4.79 Å². The molecule has 78 valence electrons. The van der Waals surface area contributed by atoms with E-state index >= 15 is 0 Å². The van der Waals surface area contributed by atoms with Crippen molar-refractivity contribution < 1.29 is 4.79 Å². The summed E-state index contributed by atoms with van der Waals surface area (Å²) in [5.74, 6) is 1.41. The summed E-state index contributed by atoms with van der Waals surface area (Å²) in [6, 6.07) is -0.0366. The Morgan fingerprint density at radius 1 is 1.57 bits per heavy atom. The summed E-state index contributed by atoms with van der Waals surface area (Å²) in [5, 5.41) is 10.3. The first-order chi connectivity index (χ1) is 6.59. The van der Waals surface area contributed by atoms with Gasteiger partial charge < -0.3 is 4.90 Å². The van der Waals surface area contributed by atoms with Gasteiger partial charge in [0.05, 0.1) is 6.04 Å². The summed E-state index contributed by atoms with van der Waals surface area (Å²) >= 11 is 0. The smallest absolute Gasteiger partial charge is 0.314 e. The number of rotatable bonds is 3. The van der Waals surface area contributed by atoms with Gasteiger partial charge in [-0.15, -0.1) is 0 Å². The van der Waals surface area contributed by atoms with Gasteiger partial charge in [-0.05, 0) is 24.7 Å². The van der Waals surface area contributed by atoms with Crippen LogP contribution in [0, 0.1) is 17.2 Å². The second-order valence-electron chi connectivity index (χ2n) is 4.67. The van der Waals surface area contributed by atoms with Gasteiger partial charge in [-0.25, -0.2) is 4.79 Å². The molecule has 0 spiro atoms. The predicted molar refractivity (Wildman–Crippen MR) is 54.3 cm³/mol. The minimum atomic E-state index is -0.0828. The number of amidine groups is 1. The molecule has 0 aromatic rings. The Kier molecular flexibility index (Phi) is 2.21. The summed E-state index contributed by atoms with van der Waals surface area (Å²) in [6.07, 6.45) is 2.33. The SMILES string of the molecule is CC(C)CN1C(=O)NC(=N)C1C1CC1. The molecule has 1 aliphatic heterocycles. The molecule has 2 aliphatic rings. The lowest BCUT2D eigenvalue weighted by Crippen LogP contribution is -2.39. The molecular formula is C10H17N3O. The van der Waals surface area contributed by atoms with E-state index in [2.05, 4.69) is 19.2 Å². The summed E-state index contributed by atoms with van der Waals surface area (Å²) in [4.78, 5) is 13.4. The van der Waals surface area contributed by atoms with Gasteiger partial charge in [0.2, 0.25) is 0 Å². The molecule has 1 heterocycles. The molecule has 0 bridgehead atoms. The minimum Gasteiger partial charge on any atom is -0.314 e. The lowest BCUT2D eigenvalue weighted by Gasteiger charge is -2.24. The van der Waals surface area contributed by atoms with E-state index in [1.54, 1.807) is 0 Å². The average Bonchev–Trinajstić information content (AvgIpc) is 2.82. The number of nitrogens with one attached hydrogen (secondary N) is 2. The maximum Gasteiger partial charge on any atom is 0.323 e. The first-order valence-corrected chi connectivity index (χ1v) is 5.25. The highest BCUT2D eigenvalue weighted by Gasteiger charge is 2.45. The monoisotopic (exact) mass is 195 g/mol. The van der Waals surface area contributed by atoms with Crippen LogP contribution in [0.15, 0.2) is 0 Å². The minimum absolute atomic E-state index is 0.0462. The van der Waals surface area contributed by atoms with Crippen molar-refractivity contribution in [2.45, 2.75) is 32.7 Å². The Hall–Kier alpha value is -1.06. The Bertz CT molecular complexity index is 271. The van der Waals surface area contributed by atoms with Crippen molar-refractivity contribution in [2.24, 2.45) is 11.8 Å². The molecule has 0 aromatic heterocycles. The van der Waals surface area contributed by atoms with Gasteiger partial charge in [0.1, 0.15) is 5.84 Å². The lowest BCUT2D eigenvalue weighted by atomic mass is 10.1. The molecule has 1 unspecified atom stereocenters. The summed E-state index contributed by atoms with van der Waals surface area (Å²) in [6.45, 7) is 4.95. The third kappa shape index (κ3) is 1.61. The van der Waals surface area contributed by atoms with Crippen molar-refractivity contribution in [1.29, 1.82) is 5.41 Å². The normalized spacial score (nSPS) is 27.4. The van der Waals surface area contributed by atoms with Gasteiger partial charge in [0, 0.05) is 6.54 Å². The highest BCUT2D eigenvalue weighted by Crippen LogP contribution is 2.37. The molecule has 0 radical (unpaired) electrons. The van der Waals surface area contributed by atoms with Crippen molar-refractivity contribution in [3.63, 3.8) is 0 Å². The van der Waals surface area contributed by atoms with Gasteiger partial charge in [0.25, 0.3) is 0 Å². The molecule has 14 heavy (non-hydrogen) atoms. The zero-order valence-corrected chi connectivity index (χ0v) is 8.71. The first kappa shape index (κ1) is 9.49. The van der Waals surface area contributed by atoms with E-state index in [0.717, 1.165) is 19.4 Å². The molecule has 2 fully saturated rings. The predicted octanol–water partition coefficient (Wildman–Crippen LogP) is 1.42. The van der Waals surface area contributed by atoms with Gasteiger partial charge in [-0.2, -0.15) is 0 Å². The molecule has 1 saturated carbocycles. The number of nitrogens with zero attached hydrogens (tertiary/aromatic N) is 1. The molecule has 2 amide bonds. The van der Waals surface area contributed by atoms with E-state index in [4.69, 9.17) is 5.41 Å². The van der Waals surface area contributed by atoms with Gasteiger partial charge in [-0.1, -0.05) is 13.8 Å². The maximum absolute atomic E-state index is 11.5. The molecule has 2 N–H and O–H groups in total. The van der Waals surface area contributed by atoms with E-state index in [1.165, 1.54) is 0 Å². The zero-order valence-electron chi connectivity index (χ0n) is 8.71. The summed E-state index contributed by atoms with van der Waals surface area (Å²) in [7, 11) is 0. The Morgan fingerprint density at radius 3 is 2.71 bits per heavy atom. The van der Waals surface area contributed by atoms with Crippen LogP contribution < -0.4 is 5.32 Å². The largest absolute Gasteiger partial charge is 0.323 e. The van der Waals surface area contributed by atoms with Crippen LogP contribution in [0.2, 0.25) is 0 Å². The highest BCUT2D eigenvalue weighted by molar-refractivity contribution is 6.05. The number of carbonyl (C=O) groups is 1.